The van der Waals surface area contributed by atoms with Crippen molar-refractivity contribution in [2.45, 2.75) is 96.8 Å². The normalized spacial score (nSPS) is 10.8. The molecule has 0 amide bonds. The largest absolute Gasteiger partial charge is 0.0881 e. The van der Waals surface area contributed by atoms with Crippen molar-refractivity contribution in [1.29, 1.82) is 0 Å². The van der Waals surface area contributed by atoms with Crippen molar-refractivity contribution < 1.29 is 0 Å². The lowest BCUT2D eigenvalue weighted by Gasteiger charge is -2.04. The second-order valence-electron chi connectivity index (χ2n) is 6.86. The van der Waals surface area contributed by atoms with Crippen molar-refractivity contribution in [1.82, 2.24) is 0 Å². The van der Waals surface area contributed by atoms with Crippen LogP contribution in [0, 0.1) is 0 Å². The second kappa shape index (κ2) is 14.9. The maximum Gasteiger partial charge on any atom is 0.00862 e. The van der Waals surface area contributed by atoms with Crippen LogP contribution in [-0.4, -0.2) is 5.37 Å². The van der Waals surface area contributed by atoms with Crippen molar-refractivity contribution in [3.8, 4) is 0 Å². The zero-order chi connectivity index (χ0) is 16.6. The standard InChI is InChI=1S/C22H36S/c1-2-3-4-5-6-7-8-9-10-11-12-13-14-16-21-17-15-18-22(19-21)20-23/h15,17-20H,2-14,16H2,1H3. The molecule has 1 rings (SSSR count). The molecular weight excluding hydrogens is 296 g/mol. The number of thiocarbonyl (C=S) groups is 1. The summed E-state index contributed by atoms with van der Waals surface area (Å²) in [7, 11) is 0. The Morgan fingerprint density at radius 2 is 1.26 bits per heavy atom. The Morgan fingerprint density at radius 1 is 0.739 bits per heavy atom. The fourth-order valence-electron chi connectivity index (χ4n) is 3.17. The molecule has 0 saturated heterocycles. The summed E-state index contributed by atoms with van der Waals surface area (Å²) >= 11 is 4.99. The van der Waals surface area contributed by atoms with Crippen molar-refractivity contribution >= 4 is 17.6 Å². The molecule has 0 atom stereocenters. The van der Waals surface area contributed by atoms with E-state index in [0.29, 0.717) is 0 Å². The summed E-state index contributed by atoms with van der Waals surface area (Å²) < 4.78 is 0. The molecular formula is C22H36S. The number of aryl methyl sites for hydroxylation is 1. The number of rotatable bonds is 15. The van der Waals surface area contributed by atoms with Gasteiger partial charge in [-0.2, -0.15) is 0 Å². The molecule has 0 aliphatic heterocycles. The van der Waals surface area contributed by atoms with E-state index in [-0.39, 0.29) is 0 Å². The molecule has 0 aromatic heterocycles. The fraction of sp³-hybridized carbons (Fsp3) is 0.682. The molecule has 0 nitrogen and oxygen atoms in total. The van der Waals surface area contributed by atoms with Gasteiger partial charge < -0.3 is 0 Å². The van der Waals surface area contributed by atoms with Crippen LogP contribution in [0.2, 0.25) is 0 Å². The van der Waals surface area contributed by atoms with Crippen LogP contribution < -0.4 is 0 Å². The van der Waals surface area contributed by atoms with Gasteiger partial charge in [0.2, 0.25) is 0 Å². The van der Waals surface area contributed by atoms with Crippen LogP contribution in [0.5, 0.6) is 0 Å². The monoisotopic (exact) mass is 332 g/mol. The highest BCUT2D eigenvalue weighted by Crippen LogP contribution is 2.14. The summed E-state index contributed by atoms with van der Waals surface area (Å²) in [6.45, 7) is 2.29. The Labute approximate surface area is 150 Å². The lowest BCUT2D eigenvalue weighted by atomic mass is 10.0. The van der Waals surface area contributed by atoms with Crippen LogP contribution in [0.3, 0.4) is 0 Å². The van der Waals surface area contributed by atoms with Gasteiger partial charge in [-0.25, -0.2) is 0 Å². The van der Waals surface area contributed by atoms with Gasteiger partial charge in [0.15, 0.2) is 0 Å². The number of unbranched alkanes of at least 4 members (excludes halogenated alkanes) is 12. The van der Waals surface area contributed by atoms with Gasteiger partial charge >= 0.3 is 0 Å². The molecule has 0 bridgehead atoms. The zero-order valence-electron chi connectivity index (χ0n) is 15.2. The molecule has 23 heavy (non-hydrogen) atoms. The van der Waals surface area contributed by atoms with E-state index in [9.17, 15) is 0 Å². The highest BCUT2D eigenvalue weighted by atomic mass is 32.1. The first-order valence-electron chi connectivity index (χ1n) is 9.91. The zero-order valence-corrected chi connectivity index (χ0v) is 16.0. The maximum atomic E-state index is 4.99. The molecule has 1 aromatic rings. The Kier molecular flexibility index (Phi) is 13.2. The molecule has 0 fully saturated rings. The third kappa shape index (κ3) is 11.5. The van der Waals surface area contributed by atoms with Gasteiger partial charge in [0.05, 0.1) is 0 Å². The third-order valence-corrected chi connectivity index (χ3v) is 4.93. The molecule has 0 spiro atoms. The predicted molar refractivity (Wildman–Crippen MR) is 109 cm³/mol. The van der Waals surface area contributed by atoms with Crippen LogP contribution in [0.4, 0.5) is 0 Å². The Morgan fingerprint density at radius 3 is 1.78 bits per heavy atom. The maximum absolute atomic E-state index is 4.99. The smallest absolute Gasteiger partial charge is 0.00862 e. The predicted octanol–water partition coefficient (Wildman–Crippen LogP) is 7.67. The molecule has 0 aliphatic rings. The summed E-state index contributed by atoms with van der Waals surface area (Å²) in [5.74, 6) is 0. The van der Waals surface area contributed by atoms with Crippen molar-refractivity contribution in [3.63, 3.8) is 0 Å². The van der Waals surface area contributed by atoms with Crippen LogP contribution in [-0.2, 0) is 6.42 Å². The van der Waals surface area contributed by atoms with Crippen LogP contribution in [0.25, 0.3) is 0 Å². The summed E-state index contributed by atoms with van der Waals surface area (Å²) in [5.41, 5.74) is 2.61. The highest BCUT2D eigenvalue weighted by molar-refractivity contribution is 7.79. The first-order chi connectivity index (χ1) is 11.4. The molecule has 0 radical (unpaired) electrons. The molecule has 0 N–H and O–H groups in total. The average molecular weight is 333 g/mol. The van der Waals surface area contributed by atoms with Gasteiger partial charge in [0.1, 0.15) is 0 Å². The summed E-state index contributed by atoms with van der Waals surface area (Å²) in [6.07, 6.45) is 19.7. The topological polar surface area (TPSA) is 0 Å². The Hall–Kier alpha value is -0.690. The number of hydrogen-bond donors (Lipinski definition) is 0. The highest BCUT2D eigenvalue weighted by Gasteiger charge is 1.96. The van der Waals surface area contributed by atoms with Gasteiger partial charge in [-0.3, -0.25) is 0 Å². The number of benzene rings is 1. The quantitative estimate of drug-likeness (QED) is 0.234. The van der Waals surface area contributed by atoms with Crippen molar-refractivity contribution in [2.75, 3.05) is 0 Å². The van der Waals surface area contributed by atoms with E-state index < -0.39 is 0 Å². The summed E-state index contributed by atoms with van der Waals surface area (Å²) in [5, 5.41) is 1.77. The van der Waals surface area contributed by atoms with Gasteiger partial charge in [-0.05, 0) is 24.0 Å². The van der Waals surface area contributed by atoms with Crippen LogP contribution in [0.15, 0.2) is 24.3 Å². The minimum atomic E-state index is 1.17. The molecule has 0 saturated carbocycles. The van der Waals surface area contributed by atoms with Crippen LogP contribution in [0.1, 0.15) is 102 Å². The average Bonchev–Trinajstić information content (AvgIpc) is 2.59. The second-order valence-corrected chi connectivity index (χ2v) is 7.09. The van der Waals surface area contributed by atoms with E-state index in [4.69, 9.17) is 12.2 Å². The lowest BCUT2D eigenvalue weighted by Crippen LogP contribution is -1.88. The molecule has 1 aromatic carbocycles. The van der Waals surface area contributed by atoms with Gasteiger partial charge in [0, 0.05) is 5.37 Å². The Balaban J connectivity index is 1.85. The van der Waals surface area contributed by atoms with Crippen molar-refractivity contribution in [3.05, 3.63) is 35.4 Å². The van der Waals surface area contributed by atoms with Crippen molar-refractivity contribution in [2.24, 2.45) is 0 Å². The molecule has 130 valence electrons. The molecule has 0 heterocycles. The van der Waals surface area contributed by atoms with E-state index in [1.54, 1.807) is 5.37 Å². The van der Waals surface area contributed by atoms with Gasteiger partial charge in [-0.1, -0.05) is 120 Å². The van der Waals surface area contributed by atoms with E-state index in [2.05, 4.69) is 31.2 Å². The first kappa shape index (κ1) is 20.4. The number of hydrogen-bond acceptors (Lipinski definition) is 1. The van der Waals surface area contributed by atoms with E-state index in [1.807, 2.05) is 0 Å². The minimum absolute atomic E-state index is 1.17. The van der Waals surface area contributed by atoms with E-state index in [1.165, 1.54) is 101 Å². The summed E-state index contributed by atoms with van der Waals surface area (Å²) in [6, 6.07) is 8.66. The molecule has 0 aliphatic carbocycles. The van der Waals surface area contributed by atoms with E-state index >= 15 is 0 Å². The molecule has 1 heteroatoms. The first-order valence-corrected chi connectivity index (χ1v) is 10.4. The summed E-state index contributed by atoms with van der Waals surface area (Å²) in [4.78, 5) is 0. The van der Waals surface area contributed by atoms with Gasteiger partial charge in [-0.15, -0.1) is 0 Å². The van der Waals surface area contributed by atoms with Crippen LogP contribution >= 0.6 is 12.2 Å². The Bertz CT molecular complexity index is 397. The van der Waals surface area contributed by atoms with E-state index in [0.717, 1.165) is 0 Å². The molecule has 0 unspecified atom stereocenters. The third-order valence-electron chi connectivity index (χ3n) is 4.66. The fourth-order valence-corrected chi connectivity index (χ4v) is 3.32. The SMILES string of the molecule is CCCCCCCCCCCCCCCc1cccc(C=S)c1. The lowest BCUT2D eigenvalue weighted by molar-refractivity contribution is 0.539. The minimum Gasteiger partial charge on any atom is -0.0881 e. The van der Waals surface area contributed by atoms with Gasteiger partial charge in [0.25, 0.3) is 0 Å².